The minimum atomic E-state index is -2.70. The fourth-order valence-electron chi connectivity index (χ4n) is 4.85. The quantitative estimate of drug-likeness (QED) is 0.259. The minimum absolute atomic E-state index is 0.00680. The van der Waals surface area contributed by atoms with E-state index >= 15 is 0 Å². The topological polar surface area (TPSA) is 141 Å². The van der Waals surface area contributed by atoms with Crippen LogP contribution in [0.15, 0.2) is 24.3 Å². The van der Waals surface area contributed by atoms with Crippen molar-refractivity contribution in [2.24, 2.45) is 5.73 Å². The van der Waals surface area contributed by atoms with Crippen molar-refractivity contribution in [3.05, 3.63) is 64.2 Å². The molecule has 0 aliphatic carbocycles. The van der Waals surface area contributed by atoms with Crippen LogP contribution in [-0.4, -0.2) is 55.1 Å². The Morgan fingerprint density at radius 1 is 1.16 bits per heavy atom. The van der Waals surface area contributed by atoms with Crippen LogP contribution < -0.4 is 16.4 Å². The molecule has 4 N–H and O–H groups in total. The van der Waals surface area contributed by atoms with Gasteiger partial charge in [0.05, 0.1) is 23.0 Å². The summed E-state index contributed by atoms with van der Waals surface area (Å²) in [4.78, 5) is 39.3. The van der Waals surface area contributed by atoms with Gasteiger partial charge in [0.15, 0.2) is 23.1 Å². The number of nitrogens with two attached hydrogens (primary N) is 1. The Hall–Kier alpha value is -4.53. The first-order chi connectivity index (χ1) is 20.1. The van der Waals surface area contributed by atoms with Crippen LogP contribution in [-0.2, 0) is 16.8 Å². The van der Waals surface area contributed by atoms with Gasteiger partial charge >= 0.3 is 0 Å². The Bertz CT molecular complexity index is 1790. The SMILES string of the molecule is Cc1nc2c(cc1F)c(-c1nc3c(c(C(=O)NCC(C)(N)CC(F)F)n1)C(C)(C)C(=O)N3)nn2Cc1cccc(F)c1F. The zero-order valence-corrected chi connectivity index (χ0v) is 23.5. The van der Waals surface area contributed by atoms with Gasteiger partial charge in [-0.15, -0.1) is 0 Å². The van der Waals surface area contributed by atoms with E-state index in [1.807, 2.05) is 0 Å². The number of nitrogens with one attached hydrogen (secondary N) is 2. The molecule has 1 aliphatic rings. The molecule has 15 heteroatoms. The summed E-state index contributed by atoms with van der Waals surface area (Å²) in [5.74, 6) is -4.37. The van der Waals surface area contributed by atoms with E-state index in [0.717, 1.165) is 12.1 Å². The average Bonchev–Trinajstić information content (AvgIpc) is 3.37. The summed E-state index contributed by atoms with van der Waals surface area (Å²) in [5.41, 5.74) is 3.11. The van der Waals surface area contributed by atoms with Crippen molar-refractivity contribution in [2.45, 2.75) is 58.0 Å². The van der Waals surface area contributed by atoms with Crippen LogP contribution in [0.2, 0.25) is 0 Å². The van der Waals surface area contributed by atoms with E-state index in [9.17, 15) is 31.5 Å². The van der Waals surface area contributed by atoms with Crippen molar-refractivity contribution in [3.8, 4) is 11.5 Å². The molecule has 0 radical (unpaired) electrons. The van der Waals surface area contributed by atoms with Gasteiger partial charge in [0, 0.05) is 29.6 Å². The van der Waals surface area contributed by atoms with Gasteiger partial charge in [-0.3, -0.25) is 9.59 Å². The molecule has 0 saturated heterocycles. The van der Waals surface area contributed by atoms with Crippen molar-refractivity contribution in [1.82, 2.24) is 30.0 Å². The van der Waals surface area contributed by atoms with Crippen LogP contribution in [0.1, 0.15) is 54.5 Å². The van der Waals surface area contributed by atoms with Gasteiger partial charge in [0.1, 0.15) is 23.0 Å². The molecule has 1 atom stereocenters. The largest absolute Gasteiger partial charge is 0.349 e. The fourth-order valence-corrected chi connectivity index (χ4v) is 4.85. The summed E-state index contributed by atoms with van der Waals surface area (Å²) in [6, 6.07) is 4.77. The number of aryl methyl sites for hydroxylation is 1. The first-order valence-electron chi connectivity index (χ1n) is 13.1. The van der Waals surface area contributed by atoms with Crippen LogP contribution in [0, 0.1) is 24.4 Å². The van der Waals surface area contributed by atoms with E-state index in [2.05, 4.69) is 30.7 Å². The molecule has 0 saturated carbocycles. The molecular weight excluding hydrogens is 575 g/mol. The standard InChI is InChI=1S/C28H27F5N8O2/c1-12-16(30)8-14-20(40-41(24(14)36-12)10-13-6-5-7-15(29)19(13)33)23-37-21(18-22(38-23)39-26(43)27(18,2)3)25(42)35-11-28(4,34)9-17(31)32/h5-8,17H,9-11,34H2,1-4H3,(H,35,42)(H,37,38,39,43). The summed E-state index contributed by atoms with van der Waals surface area (Å²) >= 11 is 0. The van der Waals surface area contributed by atoms with Gasteiger partial charge < -0.3 is 16.4 Å². The maximum Gasteiger partial charge on any atom is 0.270 e. The second-order valence-corrected chi connectivity index (χ2v) is 11.3. The Balaban J connectivity index is 1.65. The summed E-state index contributed by atoms with van der Waals surface area (Å²) < 4.78 is 70.3. The molecule has 1 aliphatic heterocycles. The molecule has 4 heterocycles. The van der Waals surface area contributed by atoms with E-state index in [4.69, 9.17) is 5.73 Å². The second-order valence-electron chi connectivity index (χ2n) is 11.3. The second kappa shape index (κ2) is 10.6. The maximum atomic E-state index is 14.7. The molecule has 226 valence electrons. The average molecular weight is 603 g/mol. The number of carbonyl (C=O) groups excluding carboxylic acids is 2. The van der Waals surface area contributed by atoms with Crippen LogP contribution in [0.3, 0.4) is 0 Å². The van der Waals surface area contributed by atoms with Crippen molar-refractivity contribution < 1.29 is 31.5 Å². The highest BCUT2D eigenvalue weighted by atomic mass is 19.3. The van der Waals surface area contributed by atoms with Gasteiger partial charge in [0.25, 0.3) is 5.91 Å². The molecule has 0 spiro atoms. The molecule has 3 aromatic heterocycles. The highest BCUT2D eigenvalue weighted by Gasteiger charge is 2.44. The number of pyridine rings is 1. The van der Waals surface area contributed by atoms with Gasteiger partial charge in [-0.25, -0.2) is 41.6 Å². The Labute approximate surface area is 241 Å². The molecule has 2 amide bonds. The number of hydrogen-bond donors (Lipinski definition) is 3. The molecule has 43 heavy (non-hydrogen) atoms. The van der Waals surface area contributed by atoms with Crippen molar-refractivity contribution in [3.63, 3.8) is 0 Å². The molecule has 4 aromatic rings. The van der Waals surface area contributed by atoms with E-state index in [0.29, 0.717) is 0 Å². The lowest BCUT2D eigenvalue weighted by Crippen LogP contribution is -2.49. The van der Waals surface area contributed by atoms with Crippen molar-refractivity contribution in [1.29, 1.82) is 0 Å². The number of amides is 2. The van der Waals surface area contributed by atoms with E-state index in [1.165, 1.54) is 30.7 Å². The van der Waals surface area contributed by atoms with Crippen LogP contribution in [0.4, 0.5) is 27.8 Å². The summed E-state index contributed by atoms with van der Waals surface area (Å²) in [7, 11) is 0. The number of benzene rings is 1. The van der Waals surface area contributed by atoms with Gasteiger partial charge in [-0.1, -0.05) is 12.1 Å². The van der Waals surface area contributed by atoms with Gasteiger partial charge in [0.2, 0.25) is 12.3 Å². The normalized spacial score (nSPS) is 15.5. The van der Waals surface area contributed by atoms with Crippen molar-refractivity contribution >= 4 is 28.7 Å². The number of rotatable bonds is 8. The number of alkyl halides is 2. The van der Waals surface area contributed by atoms with Crippen molar-refractivity contribution in [2.75, 3.05) is 11.9 Å². The number of halogens is 5. The molecule has 5 rings (SSSR count). The zero-order valence-electron chi connectivity index (χ0n) is 23.5. The zero-order chi connectivity index (χ0) is 31.4. The maximum absolute atomic E-state index is 14.7. The van der Waals surface area contributed by atoms with Gasteiger partial charge in [-0.2, -0.15) is 5.10 Å². The Kier molecular flexibility index (Phi) is 7.40. The molecule has 1 unspecified atom stereocenters. The minimum Gasteiger partial charge on any atom is -0.349 e. The van der Waals surface area contributed by atoms with Crippen LogP contribution >= 0.6 is 0 Å². The lowest BCUT2D eigenvalue weighted by atomic mass is 9.85. The highest BCUT2D eigenvalue weighted by Crippen LogP contribution is 2.40. The number of hydrogen-bond acceptors (Lipinski definition) is 7. The number of aromatic nitrogens is 5. The summed E-state index contributed by atoms with van der Waals surface area (Å²) in [5, 5.41) is 9.65. The third-order valence-electron chi connectivity index (χ3n) is 7.24. The summed E-state index contributed by atoms with van der Waals surface area (Å²) in [6.07, 6.45) is -3.39. The fraction of sp³-hybridized carbons (Fsp3) is 0.357. The van der Waals surface area contributed by atoms with Gasteiger partial charge in [-0.05, 0) is 39.8 Å². The third-order valence-corrected chi connectivity index (χ3v) is 7.24. The number of fused-ring (bicyclic) bond motifs is 2. The molecule has 10 nitrogen and oxygen atoms in total. The number of carbonyl (C=O) groups is 2. The first kappa shape index (κ1) is 29.9. The molecule has 1 aromatic carbocycles. The van der Waals surface area contributed by atoms with E-state index in [1.54, 1.807) is 13.8 Å². The highest BCUT2D eigenvalue weighted by molar-refractivity contribution is 6.09. The predicted molar refractivity (Wildman–Crippen MR) is 146 cm³/mol. The van der Waals surface area contributed by atoms with Crippen LogP contribution in [0.5, 0.6) is 0 Å². The summed E-state index contributed by atoms with van der Waals surface area (Å²) in [6.45, 7) is 5.25. The lowest BCUT2D eigenvalue weighted by Gasteiger charge is -2.25. The smallest absolute Gasteiger partial charge is 0.270 e. The van der Waals surface area contributed by atoms with E-state index < -0.39 is 53.1 Å². The number of nitrogens with zero attached hydrogens (tertiary/aromatic N) is 5. The third kappa shape index (κ3) is 5.51. The monoisotopic (exact) mass is 602 g/mol. The van der Waals surface area contributed by atoms with Crippen LogP contribution in [0.25, 0.3) is 22.6 Å². The first-order valence-corrected chi connectivity index (χ1v) is 13.1. The predicted octanol–water partition coefficient (Wildman–Crippen LogP) is 3.99. The Morgan fingerprint density at radius 2 is 1.88 bits per heavy atom. The molecular formula is C28H27F5N8O2. The Morgan fingerprint density at radius 3 is 2.58 bits per heavy atom. The van der Waals surface area contributed by atoms with E-state index in [-0.39, 0.29) is 64.0 Å². The number of anilines is 1. The molecule has 0 bridgehead atoms. The molecule has 0 fully saturated rings. The lowest BCUT2D eigenvalue weighted by molar-refractivity contribution is -0.119.